The summed E-state index contributed by atoms with van der Waals surface area (Å²) >= 11 is 0. The summed E-state index contributed by atoms with van der Waals surface area (Å²) in [6.45, 7) is 2.23. The third kappa shape index (κ3) is 20.6. The van der Waals surface area contributed by atoms with Gasteiger partial charge in [-0.05, 0) is 6.42 Å². The van der Waals surface area contributed by atoms with Gasteiger partial charge < -0.3 is 5.73 Å². The van der Waals surface area contributed by atoms with E-state index in [-0.39, 0.29) is 5.75 Å². The lowest BCUT2D eigenvalue weighted by atomic mass is 10.1. The van der Waals surface area contributed by atoms with E-state index < -0.39 is 16.1 Å². The maximum Gasteiger partial charge on any atom is 0.325 e. The van der Waals surface area contributed by atoms with Gasteiger partial charge in [0.15, 0.2) is 0 Å². The number of benzene rings is 1. The van der Waals surface area contributed by atoms with Crippen LogP contribution in [0.15, 0.2) is 36.4 Å². The van der Waals surface area contributed by atoms with E-state index in [1.165, 1.54) is 51.4 Å². The van der Waals surface area contributed by atoms with Crippen LogP contribution in [0.2, 0.25) is 0 Å². The Bertz CT molecular complexity index is 521. The van der Waals surface area contributed by atoms with Crippen LogP contribution in [0.1, 0.15) is 84.0 Å². The Balaban J connectivity index is 0.000000941. The fraction of sp³-hybridized carbons (Fsp3) is 0.667. The molecule has 3 N–H and O–H groups in total. The fourth-order valence-electron chi connectivity index (χ4n) is 2.72. The summed E-state index contributed by atoms with van der Waals surface area (Å²) in [7, 11) is -3.52. The molecule has 27 heavy (non-hydrogen) atoms. The van der Waals surface area contributed by atoms with Crippen LogP contribution in [0.5, 0.6) is 0 Å². The molecule has 0 radical (unpaired) electrons. The van der Waals surface area contributed by atoms with Gasteiger partial charge in [0.05, 0.1) is 5.75 Å². The van der Waals surface area contributed by atoms with E-state index in [2.05, 4.69) is 6.92 Å². The highest BCUT2D eigenvalue weighted by Crippen LogP contribution is 2.12. The zero-order valence-corrected chi connectivity index (χ0v) is 17.7. The lowest BCUT2D eigenvalue weighted by Gasteiger charge is -2.04. The maximum atomic E-state index is 11.3. The molecule has 1 aromatic carbocycles. The number of amides is 2. The molecular weight excluding hydrogens is 360 g/mol. The number of primary amides is 1. The molecule has 0 spiro atoms. The molecule has 2 amide bonds. The molecule has 0 saturated heterocycles. The zero-order valence-electron chi connectivity index (χ0n) is 16.9. The third-order valence-corrected chi connectivity index (χ3v) is 5.53. The fourth-order valence-corrected chi connectivity index (χ4v) is 3.72. The molecule has 1 aromatic rings. The molecule has 0 heterocycles. The van der Waals surface area contributed by atoms with Crippen LogP contribution in [0.25, 0.3) is 0 Å². The largest absolute Gasteiger partial charge is 0.351 e. The van der Waals surface area contributed by atoms with Crippen LogP contribution in [0.3, 0.4) is 0 Å². The van der Waals surface area contributed by atoms with E-state index in [1.54, 1.807) is 4.72 Å². The van der Waals surface area contributed by atoms with E-state index in [4.69, 9.17) is 5.73 Å². The van der Waals surface area contributed by atoms with Gasteiger partial charge in [-0.3, -0.25) is 0 Å². The van der Waals surface area contributed by atoms with Crippen molar-refractivity contribution in [2.24, 2.45) is 5.73 Å². The molecule has 6 heteroatoms. The number of urea groups is 1. The Hall–Kier alpha value is -1.56. The summed E-state index contributed by atoms with van der Waals surface area (Å²) in [6.07, 6.45) is 14.3. The summed E-state index contributed by atoms with van der Waals surface area (Å²) in [5.41, 5.74) is 4.79. The first kappa shape index (κ1) is 25.4. The van der Waals surface area contributed by atoms with Crippen LogP contribution >= 0.6 is 0 Å². The summed E-state index contributed by atoms with van der Waals surface area (Å²) in [5, 5.41) is 0. The van der Waals surface area contributed by atoms with Crippen LogP contribution < -0.4 is 10.5 Å². The Morgan fingerprint density at radius 3 is 1.37 bits per heavy atom. The van der Waals surface area contributed by atoms with Crippen molar-refractivity contribution in [3.63, 3.8) is 0 Å². The highest BCUT2D eigenvalue weighted by atomic mass is 32.2. The number of sulfonamides is 1. The zero-order chi connectivity index (χ0) is 20.2. The van der Waals surface area contributed by atoms with Gasteiger partial charge in [0, 0.05) is 0 Å². The summed E-state index contributed by atoms with van der Waals surface area (Å²) in [5.74, 6) is -0.0205. The van der Waals surface area contributed by atoms with Crippen LogP contribution in [-0.4, -0.2) is 20.2 Å². The first-order valence-electron chi connectivity index (χ1n) is 10.3. The molecule has 0 aliphatic carbocycles. The number of carbonyl (C=O) groups excluding carboxylic acids is 1. The van der Waals surface area contributed by atoms with Gasteiger partial charge >= 0.3 is 6.03 Å². The van der Waals surface area contributed by atoms with Gasteiger partial charge in [-0.25, -0.2) is 17.9 Å². The SMILES string of the molecule is CCCCCCCCCCCCCCS(=O)(=O)NC(N)=O.c1ccccc1. The second-order valence-electron chi connectivity index (χ2n) is 6.83. The molecule has 5 nitrogen and oxygen atoms in total. The molecule has 0 saturated carbocycles. The van der Waals surface area contributed by atoms with Crippen molar-refractivity contribution in [2.45, 2.75) is 84.0 Å². The molecule has 0 atom stereocenters. The molecule has 0 aliphatic rings. The van der Waals surface area contributed by atoms with E-state index in [0.29, 0.717) is 6.42 Å². The number of nitrogens with two attached hydrogens (primary N) is 1. The molecule has 0 unspecified atom stereocenters. The third-order valence-electron chi connectivity index (χ3n) is 4.19. The number of carbonyl (C=O) groups is 1. The minimum atomic E-state index is -3.52. The smallest absolute Gasteiger partial charge is 0.325 e. The molecule has 0 fully saturated rings. The van der Waals surface area contributed by atoms with E-state index in [9.17, 15) is 13.2 Å². The molecule has 156 valence electrons. The Morgan fingerprint density at radius 1 is 0.704 bits per heavy atom. The van der Waals surface area contributed by atoms with Gasteiger partial charge in [0.25, 0.3) is 0 Å². The van der Waals surface area contributed by atoms with Gasteiger partial charge in [-0.15, -0.1) is 0 Å². The molecule has 0 bridgehead atoms. The Labute approximate surface area is 166 Å². The van der Waals surface area contributed by atoms with Crippen LogP contribution in [0, 0.1) is 0 Å². The highest BCUT2D eigenvalue weighted by molar-refractivity contribution is 7.90. The van der Waals surface area contributed by atoms with Crippen molar-refractivity contribution in [1.82, 2.24) is 4.72 Å². The van der Waals surface area contributed by atoms with Gasteiger partial charge in [0.2, 0.25) is 10.0 Å². The number of rotatable bonds is 14. The normalized spacial score (nSPS) is 10.7. The van der Waals surface area contributed by atoms with Crippen molar-refractivity contribution in [2.75, 3.05) is 5.75 Å². The highest BCUT2D eigenvalue weighted by Gasteiger charge is 2.11. The first-order valence-corrected chi connectivity index (χ1v) is 11.9. The lowest BCUT2D eigenvalue weighted by Crippen LogP contribution is -2.36. The number of unbranched alkanes of at least 4 members (excludes halogenated alkanes) is 11. The molecule has 0 aliphatic heterocycles. The Morgan fingerprint density at radius 2 is 1.04 bits per heavy atom. The topological polar surface area (TPSA) is 89.3 Å². The van der Waals surface area contributed by atoms with Gasteiger partial charge in [0.1, 0.15) is 0 Å². The molecular formula is C21H38N2O3S. The standard InChI is InChI=1S/C15H32N2O3S.C6H6/c1-2-3-4-5-6-7-8-9-10-11-12-13-14-21(19,20)17-15(16)18;1-2-4-6-5-3-1/h2-14H2,1H3,(H3,16,17,18);1-6H. The average molecular weight is 399 g/mol. The Kier molecular flexibility index (Phi) is 16.8. The average Bonchev–Trinajstić information content (AvgIpc) is 2.63. The quantitative estimate of drug-likeness (QED) is 0.413. The van der Waals surface area contributed by atoms with E-state index in [0.717, 1.165) is 19.3 Å². The monoisotopic (exact) mass is 398 g/mol. The predicted molar refractivity (Wildman–Crippen MR) is 114 cm³/mol. The molecule has 1 rings (SSSR count). The van der Waals surface area contributed by atoms with Crippen LogP contribution in [0.4, 0.5) is 4.79 Å². The first-order chi connectivity index (χ1) is 13.0. The van der Waals surface area contributed by atoms with Gasteiger partial charge in [-0.1, -0.05) is 114 Å². The lowest BCUT2D eigenvalue weighted by molar-refractivity contribution is 0.253. The number of hydrogen-bond acceptors (Lipinski definition) is 3. The van der Waals surface area contributed by atoms with Crippen molar-refractivity contribution >= 4 is 16.1 Å². The van der Waals surface area contributed by atoms with Crippen LogP contribution in [-0.2, 0) is 10.0 Å². The van der Waals surface area contributed by atoms with E-state index >= 15 is 0 Å². The summed E-state index contributed by atoms with van der Waals surface area (Å²) in [6, 6.07) is 11.0. The summed E-state index contributed by atoms with van der Waals surface area (Å²) in [4.78, 5) is 10.5. The second-order valence-corrected chi connectivity index (χ2v) is 8.67. The number of nitrogens with one attached hydrogen (secondary N) is 1. The number of hydrogen-bond donors (Lipinski definition) is 2. The van der Waals surface area contributed by atoms with E-state index in [1.807, 2.05) is 36.4 Å². The minimum Gasteiger partial charge on any atom is -0.351 e. The second kappa shape index (κ2) is 17.8. The maximum absolute atomic E-state index is 11.3. The minimum absolute atomic E-state index is 0.0205. The van der Waals surface area contributed by atoms with Crippen molar-refractivity contribution in [3.05, 3.63) is 36.4 Å². The van der Waals surface area contributed by atoms with Crippen molar-refractivity contribution in [3.8, 4) is 0 Å². The van der Waals surface area contributed by atoms with Gasteiger partial charge in [-0.2, -0.15) is 0 Å². The molecule has 0 aromatic heterocycles. The summed E-state index contributed by atoms with van der Waals surface area (Å²) < 4.78 is 24.4. The van der Waals surface area contributed by atoms with Crippen molar-refractivity contribution < 1.29 is 13.2 Å². The predicted octanol–water partition coefficient (Wildman–Crippen LogP) is 5.37. The van der Waals surface area contributed by atoms with Crippen molar-refractivity contribution in [1.29, 1.82) is 0 Å².